The van der Waals surface area contributed by atoms with E-state index < -0.39 is 15.8 Å². The summed E-state index contributed by atoms with van der Waals surface area (Å²) in [5, 5.41) is 7.66. The molecule has 0 bridgehead atoms. The number of nitrogens with two attached hydrogens (primary N) is 1. The van der Waals surface area contributed by atoms with Crippen molar-refractivity contribution in [3.63, 3.8) is 0 Å². The van der Waals surface area contributed by atoms with E-state index in [1.807, 2.05) is 0 Å². The summed E-state index contributed by atoms with van der Waals surface area (Å²) in [6.45, 7) is 2.42. The van der Waals surface area contributed by atoms with Gasteiger partial charge in [0.05, 0.1) is 17.2 Å². The molecular weight excluding hydrogens is 287 g/mol. The molecule has 1 aromatic rings. The van der Waals surface area contributed by atoms with E-state index in [2.05, 4.69) is 5.32 Å². The van der Waals surface area contributed by atoms with Crippen LogP contribution in [0.25, 0.3) is 0 Å². The van der Waals surface area contributed by atoms with E-state index in [1.54, 1.807) is 6.92 Å². The number of esters is 1. The Kier molecular flexibility index (Phi) is 5.90. The van der Waals surface area contributed by atoms with Gasteiger partial charge in [-0.05, 0) is 31.5 Å². The van der Waals surface area contributed by atoms with Gasteiger partial charge in [-0.25, -0.2) is 17.9 Å². The lowest BCUT2D eigenvalue weighted by Gasteiger charge is -2.08. The highest BCUT2D eigenvalue weighted by molar-refractivity contribution is 7.89. The third-order valence-corrected chi connectivity index (χ3v) is 3.36. The van der Waals surface area contributed by atoms with Crippen LogP contribution < -0.4 is 10.5 Å². The second-order valence-electron chi connectivity index (χ2n) is 4.02. The van der Waals surface area contributed by atoms with E-state index in [4.69, 9.17) is 9.88 Å². The van der Waals surface area contributed by atoms with Crippen LogP contribution in [0.1, 0.15) is 19.8 Å². The Hall–Kier alpha value is -1.67. The number of rotatable bonds is 7. The van der Waals surface area contributed by atoms with Crippen molar-refractivity contribution in [1.82, 2.24) is 0 Å². The smallest absolute Gasteiger partial charge is 0.305 e. The molecule has 20 heavy (non-hydrogen) atoms. The van der Waals surface area contributed by atoms with E-state index in [0.717, 1.165) is 6.07 Å². The topological polar surface area (TPSA) is 98.5 Å². The van der Waals surface area contributed by atoms with Gasteiger partial charge in [-0.1, -0.05) is 0 Å². The summed E-state index contributed by atoms with van der Waals surface area (Å²) in [5.41, 5.74) is 0.154. The number of hydrogen-bond donors (Lipinski definition) is 2. The van der Waals surface area contributed by atoms with Crippen molar-refractivity contribution in [2.75, 3.05) is 18.5 Å². The lowest BCUT2D eigenvalue weighted by molar-refractivity contribution is -0.143. The molecule has 0 aromatic heterocycles. The summed E-state index contributed by atoms with van der Waals surface area (Å²) in [6.07, 6.45) is 0.715. The van der Waals surface area contributed by atoms with Gasteiger partial charge >= 0.3 is 5.97 Å². The Morgan fingerprint density at radius 3 is 2.70 bits per heavy atom. The molecule has 1 rings (SSSR count). The van der Waals surface area contributed by atoms with Crippen LogP contribution in [0.3, 0.4) is 0 Å². The number of halogens is 1. The number of anilines is 1. The minimum absolute atomic E-state index is 0.154. The van der Waals surface area contributed by atoms with Gasteiger partial charge < -0.3 is 10.1 Å². The van der Waals surface area contributed by atoms with E-state index >= 15 is 0 Å². The molecule has 8 heteroatoms. The normalized spacial score (nSPS) is 11.2. The quantitative estimate of drug-likeness (QED) is 0.583. The van der Waals surface area contributed by atoms with Gasteiger partial charge in [-0.15, -0.1) is 0 Å². The van der Waals surface area contributed by atoms with E-state index in [0.29, 0.717) is 19.6 Å². The van der Waals surface area contributed by atoms with Crippen LogP contribution in [0, 0.1) is 5.82 Å². The molecular formula is C12H17FN2O4S. The predicted octanol–water partition coefficient (Wildman–Crippen LogP) is 1.23. The summed E-state index contributed by atoms with van der Waals surface area (Å²) in [5.74, 6) is -1.02. The van der Waals surface area contributed by atoms with Crippen molar-refractivity contribution < 1.29 is 22.3 Å². The molecule has 0 aliphatic rings. The molecule has 112 valence electrons. The molecule has 0 fully saturated rings. The Bertz CT molecular complexity index is 575. The maximum atomic E-state index is 13.6. The predicted molar refractivity (Wildman–Crippen MR) is 72.1 cm³/mol. The van der Waals surface area contributed by atoms with Crippen LogP contribution in [0.2, 0.25) is 0 Å². The molecule has 6 nitrogen and oxygen atoms in total. The highest BCUT2D eigenvalue weighted by Crippen LogP contribution is 2.18. The van der Waals surface area contributed by atoms with Crippen molar-refractivity contribution >= 4 is 21.7 Å². The van der Waals surface area contributed by atoms with E-state index in [1.165, 1.54) is 12.1 Å². The average molecular weight is 304 g/mol. The summed E-state index contributed by atoms with van der Waals surface area (Å²) >= 11 is 0. The number of carbonyl (C=O) groups excluding carboxylic acids is 1. The Balaban J connectivity index is 2.51. The Morgan fingerprint density at radius 2 is 2.15 bits per heavy atom. The Morgan fingerprint density at radius 1 is 1.45 bits per heavy atom. The van der Waals surface area contributed by atoms with E-state index in [9.17, 15) is 17.6 Å². The number of carbonyl (C=O) groups is 1. The number of hydrogen-bond acceptors (Lipinski definition) is 5. The van der Waals surface area contributed by atoms with E-state index in [-0.39, 0.29) is 23.0 Å². The molecule has 0 radical (unpaired) electrons. The number of benzene rings is 1. The molecule has 0 heterocycles. The highest BCUT2D eigenvalue weighted by Gasteiger charge is 2.11. The zero-order valence-corrected chi connectivity index (χ0v) is 11.9. The van der Waals surface area contributed by atoms with Gasteiger partial charge in [-0.3, -0.25) is 4.79 Å². The average Bonchev–Trinajstić information content (AvgIpc) is 2.35. The minimum atomic E-state index is -3.91. The molecule has 0 atom stereocenters. The van der Waals surface area contributed by atoms with Crippen LogP contribution in [0.4, 0.5) is 10.1 Å². The first-order valence-electron chi connectivity index (χ1n) is 6.06. The lowest BCUT2D eigenvalue weighted by atomic mass is 10.2. The van der Waals surface area contributed by atoms with Crippen LogP contribution >= 0.6 is 0 Å². The molecule has 1 aromatic carbocycles. The second kappa shape index (κ2) is 7.20. The molecule has 0 saturated carbocycles. The number of sulfonamides is 1. The van der Waals surface area contributed by atoms with Crippen molar-refractivity contribution in [2.45, 2.75) is 24.7 Å². The van der Waals surface area contributed by atoms with Crippen LogP contribution in [0.15, 0.2) is 23.1 Å². The SMILES string of the molecule is CCOC(=O)CCCNc1ccc(S(N)(=O)=O)cc1F. The standard InChI is InChI=1S/C12H17FN2O4S/c1-2-19-12(16)4-3-7-15-11-6-5-9(8-10(11)13)20(14,17)18/h5-6,8,15H,2-4,7H2,1H3,(H2,14,17,18). The van der Waals surface area contributed by atoms with Crippen molar-refractivity contribution in [3.8, 4) is 0 Å². The van der Waals surface area contributed by atoms with Crippen molar-refractivity contribution in [2.24, 2.45) is 5.14 Å². The van der Waals surface area contributed by atoms with Gasteiger partial charge in [-0.2, -0.15) is 0 Å². The van der Waals surface area contributed by atoms with Crippen molar-refractivity contribution in [1.29, 1.82) is 0 Å². The van der Waals surface area contributed by atoms with Gasteiger partial charge in [0.15, 0.2) is 0 Å². The third kappa shape index (κ3) is 5.14. The second-order valence-corrected chi connectivity index (χ2v) is 5.58. The fraction of sp³-hybridized carbons (Fsp3) is 0.417. The lowest BCUT2D eigenvalue weighted by Crippen LogP contribution is -2.13. The summed E-state index contributed by atoms with van der Waals surface area (Å²) < 4.78 is 40.4. The molecule has 0 spiro atoms. The van der Waals surface area contributed by atoms with Crippen LogP contribution in [-0.4, -0.2) is 27.5 Å². The number of primary sulfonamides is 1. The zero-order chi connectivity index (χ0) is 15.2. The first-order chi connectivity index (χ1) is 9.34. The van der Waals surface area contributed by atoms with Gasteiger partial charge in [0.1, 0.15) is 5.82 Å². The number of nitrogens with one attached hydrogen (secondary N) is 1. The first-order valence-corrected chi connectivity index (χ1v) is 7.61. The molecule has 0 aliphatic carbocycles. The number of ether oxygens (including phenoxy) is 1. The zero-order valence-electron chi connectivity index (χ0n) is 11.1. The third-order valence-electron chi connectivity index (χ3n) is 2.45. The van der Waals surface area contributed by atoms with Gasteiger partial charge in [0, 0.05) is 13.0 Å². The summed E-state index contributed by atoms with van der Waals surface area (Å²) in [7, 11) is -3.91. The van der Waals surface area contributed by atoms with Crippen LogP contribution in [0.5, 0.6) is 0 Å². The summed E-state index contributed by atoms with van der Waals surface area (Å²) in [6, 6.07) is 3.36. The van der Waals surface area contributed by atoms with Crippen molar-refractivity contribution in [3.05, 3.63) is 24.0 Å². The van der Waals surface area contributed by atoms with Gasteiger partial charge in [0.25, 0.3) is 0 Å². The molecule has 0 amide bonds. The molecule has 0 aliphatic heterocycles. The minimum Gasteiger partial charge on any atom is -0.466 e. The monoisotopic (exact) mass is 304 g/mol. The Labute approximate surface area is 117 Å². The maximum Gasteiger partial charge on any atom is 0.305 e. The fourth-order valence-corrected chi connectivity index (χ4v) is 2.03. The molecule has 0 unspecified atom stereocenters. The largest absolute Gasteiger partial charge is 0.466 e. The summed E-state index contributed by atoms with van der Waals surface area (Å²) in [4.78, 5) is 10.8. The highest BCUT2D eigenvalue weighted by atomic mass is 32.2. The van der Waals surface area contributed by atoms with Crippen LogP contribution in [-0.2, 0) is 19.6 Å². The first kappa shape index (κ1) is 16.4. The molecule has 0 saturated heterocycles. The van der Waals surface area contributed by atoms with Gasteiger partial charge in [0.2, 0.25) is 10.0 Å². The maximum absolute atomic E-state index is 13.6. The molecule has 3 N–H and O–H groups in total. The fourth-order valence-electron chi connectivity index (χ4n) is 1.51.